The van der Waals surface area contributed by atoms with Crippen molar-refractivity contribution in [3.05, 3.63) is 27.4 Å². The molecular weight excluding hydrogens is 469 g/mol. The van der Waals surface area contributed by atoms with Gasteiger partial charge in [-0.3, -0.25) is 9.69 Å². The predicted molar refractivity (Wildman–Crippen MR) is 121 cm³/mol. The summed E-state index contributed by atoms with van der Waals surface area (Å²) in [7, 11) is 0. The maximum atomic E-state index is 12.5. The molecule has 2 aromatic heterocycles. The fourth-order valence-corrected chi connectivity index (χ4v) is 5.70. The number of amides is 1. The lowest BCUT2D eigenvalue weighted by Crippen LogP contribution is -2.40. The van der Waals surface area contributed by atoms with E-state index in [1.165, 1.54) is 11.3 Å². The lowest BCUT2D eigenvalue weighted by molar-refractivity contribution is -0.134. The molecule has 4 rings (SSSR count). The number of thiazole rings is 1. The Labute approximate surface area is 201 Å². The van der Waals surface area contributed by atoms with E-state index in [4.69, 9.17) is 9.26 Å². The Hall–Kier alpha value is -2.14. The molecule has 0 bridgehead atoms. The third-order valence-corrected chi connectivity index (χ3v) is 7.71. The first-order chi connectivity index (χ1) is 16.2. The average molecular weight is 501 g/mol. The van der Waals surface area contributed by atoms with Gasteiger partial charge in [-0.1, -0.05) is 0 Å². The molecule has 1 fully saturated rings. The number of alkyl halides is 3. The van der Waals surface area contributed by atoms with Crippen LogP contribution in [0.2, 0.25) is 0 Å². The molecule has 0 spiro atoms. The minimum atomic E-state index is -4.13. The predicted octanol–water partition coefficient (Wildman–Crippen LogP) is 4.44. The number of carbonyl (C=O) groups is 1. The molecule has 0 saturated heterocycles. The van der Waals surface area contributed by atoms with Gasteiger partial charge in [-0.2, -0.15) is 13.2 Å². The number of aromatic nitrogens is 2. The second-order valence-corrected chi connectivity index (χ2v) is 10.4. The fraction of sp³-hybridized carbons (Fsp3) is 0.696. The Morgan fingerprint density at radius 1 is 1.32 bits per heavy atom. The van der Waals surface area contributed by atoms with Crippen LogP contribution in [0.3, 0.4) is 0 Å². The molecule has 2 aromatic rings. The number of fused-ring (bicyclic) bond motifs is 1. The zero-order valence-electron chi connectivity index (χ0n) is 19.3. The summed E-state index contributed by atoms with van der Waals surface area (Å²) in [5.41, 5.74) is 0.961. The number of halogens is 3. The van der Waals surface area contributed by atoms with Gasteiger partial charge in [0.25, 0.3) is 11.8 Å². The molecule has 7 nitrogen and oxygen atoms in total. The highest BCUT2D eigenvalue weighted by molar-refractivity contribution is 7.11. The molecule has 34 heavy (non-hydrogen) atoms. The Kier molecular flexibility index (Phi) is 8.13. The van der Waals surface area contributed by atoms with Gasteiger partial charge in [-0.15, -0.1) is 11.3 Å². The van der Waals surface area contributed by atoms with E-state index in [0.717, 1.165) is 68.7 Å². The van der Waals surface area contributed by atoms with E-state index in [-0.39, 0.29) is 25.0 Å². The third kappa shape index (κ3) is 7.43. The summed E-state index contributed by atoms with van der Waals surface area (Å²) in [6, 6.07) is 1.82. The van der Waals surface area contributed by atoms with Crippen molar-refractivity contribution in [2.45, 2.75) is 77.1 Å². The lowest BCUT2D eigenvalue weighted by Gasteiger charge is -2.32. The van der Waals surface area contributed by atoms with Crippen LogP contribution < -0.4 is 10.1 Å². The first kappa shape index (κ1) is 25.0. The van der Waals surface area contributed by atoms with Crippen LogP contribution in [0.5, 0.6) is 5.88 Å². The number of nitrogens with zero attached hydrogens (tertiary/aromatic N) is 3. The van der Waals surface area contributed by atoms with Crippen LogP contribution in [0.15, 0.2) is 10.6 Å². The number of carbonyl (C=O) groups excluding carboxylic acids is 1. The van der Waals surface area contributed by atoms with Gasteiger partial charge in [0.15, 0.2) is 6.61 Å². The van der Waals surface area contributed by atoms with Crippen LogP contribution in [0, 0.1) is 12.8 Å². The van der Waals surface area contributed by atoms with Gasteiger partial charge < -0.3 is 14.6 Å². The van der Waals surface area contributed by atoms with Gasteiger partial charge in [-0.05, 0) is 63.1 Å². The van der Waals surface area contributed by atoms with E-state index in [1.807, 2.05) is 0 Å². The molecule has 11 heteroatoms. The highest BCUT2D eigenvalue weighted by atomic mass is 32.1. The van der Waals surface area contributed by atoms with Crippen molar-refractivity contribution in [2.24, 2.45) is 5.92 Å². The molecule has 0 aromatic carbocycles. The second-order valence-electron chi connectivity index (χ2n) is 9.26. The maximum absolute atomic E-state index is 12.5. The van der Waals surface area contributed by atoms with E-state index >= 15 is 0 Å². The zero-order valence-corrected chi connectivity index (χ0v) is 20.1. The Morgan fingerprint density at radius 3 is 2.82 bits per heavy atom. The Morgan fingerprint density at radius 2 is 2.12 bits per heavy atom. The summed E-state index contributed by atoms with van der Waals surface area (Å²) in [5.74, 6) is 1.43. The highest BCUT2D eigenvalue weighted by Gasteiger charge is 2.29. The van der Waals surface area contributed by atoms with E-state index in [1.54, 1.807) is 13.0 Å². The molecule has 2 aliphatic rings. The molecule has 0 radical (unpaired) electrons. The van der Waals surface area contributed by atoms with Gasteiger partial charge in [0.1, 0.15) is 5.76 Å². The minimum absolute atomic E-state index is 0.0209. The van der Waals surface area contributed by atoms with Crippen LogP contribution in [0.4, 0.5) is 13.2 Å². The van der Waals surface area contributed by atoms with Crippen molar-refractivity contribution >= 4 is 17.2 Å². The number of rotatable bonds is 9. The summed E-state index contributed by atoms with van der Waals surface area (Å²) in [6.07, 6.45) is 1.07. The highest BCUT2D eigenvalue weighted by Crippen LogP contribution is 2.30. The third-order valence-electron chi connectivity index (χ3n) is 6.50. The van der Waals surface area contributed by atoms with Crippen LogP contribution >= 0.6 is 11.3 Å². The quantitative estimate of drug-likeness (QED) is 0.549. The van der Waals surface area contributed by atoms with Gasteiger partial charge in [0.2, 0.25) is 0 Å². The molecule has 0 atom stereocenters. The molecule has 3 heterocycles. The minimum Gasteiger partial charge on any atom is -0.465 e. The van der Waals surface area contributed by atoms with E-state index < -0.39 is 12.6 Å². The fourth-order valence-electron chi connectivity index (χ4n) is 4.63. The van der Waals surface area contributed by atoms with E-state index in [2.05, 4.69) is 20.4 Å². The normalized spacial score (nSPS) is 21.3. The van der Waals surface area contributed by atoms with Gasteiger partial charge in [0, 0.05) is 42.9 Å². The second kappa shape index (κ2) is 11.1. The average Bonchev–Trinajstić information content (AvgIpc) is 3.40. The Balaban J connectivity index is 1.12. The van der Waals surface area contributed by atoms with Crippen LogP contribution in [0.25, 0.3) is 0 Å². The van der Waals surface area contributed by atoms with Gasteiger partial charge >= 0.3 is 6.18 Å². The van der Waals surface area contributed by atoms with Gasteiger partial charge in [-0.25, -0.2) is 4.98 Å². The number of hydrogen-bond acceptors (Lipinski definition) is 7. The summed E-state index contributed by atoms with van der Waals surface area (Å²) in [5, 5.41) is 7.36. The summed E-state index contributed by atoms with van der Waals surface area (Å²) >= 11 is 1.44. The maximum Gasteiger partial charge on any atom is 0.389 e. The largest absolute Gasteiger partial charge is 0.465 e. The molecule has 1 saturated carbocycles. The Bertz CT molecular complexity index is 954. The number of ether oxygens (including phenoxy) is 1. The summed E-state index contributed by atoms with van der Waals surface area (Å²) in [6.45, 7) is 4.33. The topological polar surface area (TPSA) is 80.5 Å². The van der Waals surface area contributed by atoms with Crippen molar-refractivity contribution in [1.29, 1.82) is 0 Å². The first-order valence-electron chi connectivity index (χ1n) is 11.9. The number of nitrogens with one attached hydrogen (secondary N) is 1. The zero-order chi connectivity index (χ0) is 24.1. The lowest BCUT2D eigenvalue weighted by atomic mass is 9.84. The molecule has 1 N–H and O–H groups in total. The molecule has 1 aliphatic carbocycles. The van der Waals surface area contributed by atoms with Crippen molar-refractivity contribution in [3.63, 3.8) is 0 Å². The molecule has 1 amide bonds. The van der Waals surface area contributed by atoms with Crippen molar-refractivity contribution < 1.29 is 27.2 Å². The van der Waals surface area contributed by atoms with Crippen molar-refractivity contribution in [1.82, 2.24) is 20.4 Å². The molecule has 188 valence electrons. The molecular formula is C23H31F3N4O3S. The number of aryl methyl sites for hydroxylation is 2. The molecule has 1 aliphatic heterocycles. The van der Waals surface area contributed by atoms with Crippen LogP contribution in [-0.4, -0.2) is 52.9 Å². The number of hydrogen-bond donors (Lipinski definition) is 1. The smallest absolute Gasteiger partial charge is 0.389 e. The van der Waals surface area contributed by atoms with Crippen molar-refractivity contribution in [2.75, 3.05) is 19.7 Å². The first-order valence-corrected chi connectivity index (χ1v) is 12.7. The monoisotopic (exact) mass is 500 g/mol. The van der Waals surface area contributed by atoms with Crippen molar-refractivity contribution in [3.8, 4) is 5.88 Å². The SMILES string of the molecule is Cc1cc(OCC(=O)NC2CCC(CCN3CCc4sc(CCC(F)(F)F)nc4C3)CC2)no1. The molecule has 0 unspecified atom stereocenters. The summed E-state index contributed by atoms with van der Waals surface area (Å²) in [4.78, 5) is 20.1. The van der Waals surface area contributed by atoms with Gasteiger partial charge in [0.05, 0.1) is 10.7 Å². The van der Waals surface area contributed by atoms with E-state index in [9.17, 15) is 18.0 Å². The van der Waals surface area contributed by atoms with Crippen LogP contribution in [0.1, 0.15) is 59.9 Å². The summed E-state index contributed by atoms with van der Waals surface area (Å²) < 4.78 is 47.7. The van der Waals surface area contributed by atoms with Crippen LogP contribution in [-0.2, 0) is 24.2 Å². The van der Waals surface area contributed by atoms with E-state index in [0.29, 0.717) is 22.6 Å². The standard InChI is InChI=1S/C23H31F3N4O3S/c1-15-12-21(29-33-15)32-14-20(31)27-17-4-2-16(3-5-17)7-10-30-11-8-19-18(13-30)28-22(34-19)6-9-23(24,25)26/h12,16-17H,2-11,13-14H2,1H3,(H,27,31).